The van der Waals surface area contributed by atoms with Crippen LogP contribution in [-0.2, 0) is 21.7 Å². The Morgan fingerprint density at radius 3 is 2.48 bits per heavy atom. The summed E-state index contributed by atoms with van der Waals surface area (Å²) in [6.45, 7) is 6.57. The zero-order valence-electron chi connectivity index (χ0n) is 15.3. The van der Waals surface area contributed by atoms with E-state index in [9.17, 15) is 9.59 Å². The number of nitrogens with zero attached hydrogens (tertiary/aromatic N) is 3. The lowest BCUT2D eigenvalue weighted by atomic mass is 9.93. The number of carbonyl (C=O) groups is 2. The van der Waals surface area contributed by atoms with Crippen molar-refractivity contribution in [2.24, 2.45) is 11.8 Å². The summed E-state index contributed by atoms with van der Waals surface area (Å²) in [5.74, 6) is 1.10. The molecule has 7 nitrogen and oxygen atoms in total. The van der Waals surface area contributed by atoms with Crippen LogP contribution in [0.1, 0.15) is 50.8 Å². The van der Waals surface area contributed by atoms with Gasteiger partial charge < -0.3 is 15.1 Å². The number of amides is 2. The summed E-state index contributed by atoms with van der Waals surface area (Å²) in [4.78, 5) is 29.4. The van der Waals surface area contributed by atoms with Crippen LogP contribution in [0, 0.1) is 11.8 Å². The zero-order valence-corrected chi connectivity index (χ0v) is 15.3. The van der Waals surface area contributed by atoms with Crippen molar-refractivity contribution in [1.29, 1.82) is 0 Å². The monoisotopic (exact) mass is 345 g/mol. The molecule has 136 valence electrons. The third-order valence-corrected chi connectivity index (χ3v) is 5.99. The van der Waals surface area contributed by atoms with Crippen LogP contribution in [0.2, 0.25) is 0 Å². The number of H-pyrrole nitrogens is 1. The molecule has 0 aromatic carbocycles. The van der Waals surface area contributed by atoms with Crippen molar-refractivity contribution in [2.45, 2.75) is 51.6 Å². The van der Waals surface area contributed by atoms with Crippen molar-refractivity contribution in [2.75, 3.05) is 25.5 Å². The van der Waals surface area contributed by atoms with Crippen LogP contribution in [0.25, 0.3) is 0 Å². The zero-order chi connectivity index (χ0) is 17.8. The number of piperidine rings is 1. The first-order valence-electron chi connectivity index (χ1n) is 9.26. The maximum Gasteiger partial charge on any atom is 0.228 e. The van der Waals surface area contributed by atoms with Gasteiger partial charge in [0.2, 0.25) is 11.8 Å². The van der Waals surface area contributed by atoms with Crippen LogP contribution >= 0.6 is 0 Å². The summed E-state index contributed by atoms with van der Waals surface area (Å²) in [7, 11) is 2.10. The molecular formula is C18H27N5O2. The van der Waals surface area contributed by atoms with Crippen LogP contribution in [0.5, 0.6) is 0 Å². The van der Waals surface area contributed by atoms with Crippen LogP contribution in [0.3, 0.4) is 0 Å². The summed E-state index contributed by atoms with van der Waals surface area (Å²) in [6.07, 6.45) is 3.76. The van der Waals surface area contributed by atoms with E-state index in [2.05, 4.69) is 41.3 Å². The molecule has 1 saturated carbocycles. The normalized spacial score (nSPS) is 23.6. The van der Waals surface area contributed by atoms with Gasteiger partial charge in [-0.15, -0.1) is 0 Å². The smallest absolute Gasteiger partial charge is 0.228 e. The summed E-state index contributed by atoms with van der Waals surface area (Å²) in [5, 5.41) is 10.3. The second-order valence-corrected chi connectivity index (χ2v) is 8.25. The van der Waals surface area contributed by atoms with Crippen LogP contribution in [-0.4, -0.2) is 51.9 Å². The van der Waals surface area contributed by atoms with Crippen LogP contribution in [0.15, 0.2) is 0 Å². The Balaban J connectivity index is 1.52. The summed E-state index contributed by atoms with van der Waals surface area (Å²) >= 11 is 0. The van der Waals surface area contributed by atoms with Crippen molar-refractivity contribution >= 4 is 17.6 Å². The van der Waals surface area contributed by atoms with E-state index in [1.54, 1.807) is 0 Å². The fraction of sp³-hybridized carbons (Fsp3) is 0.722. The Kier molecular flexibility index (Phi) is 3.86. The molecule has 2 amide bonds. The average Bonchev–Trinajstić information content (AvgIpc) is 3.29. The lowest BCUT2D eigenvalue weighted by Crippen LogP contribution is -2.46. The van der Waals surface area contributed by atoms with Crippen molar-refractivity contribution in [3.05, 3.63) is 11.3 Å². The largest absolute Gasteiger partial charge is 0.327 e. The van der Waals surface area contributed by atoms with Gasteiger partial charge in [-0.3, -0.25) is 14.7 Å². The van der Waals surface area contributed by atoms with Crippen molar-refractivity contribution < 1.29 is 9.59 Å². The maximum atomic E-state index is 13.1. The molecule has 1 aromatic heterocycles. The third kappa shape index (κ3) is 2.84. The first-order chi connectivity index (χ1) is 11.9. The molecule has 0 radical (unpaired) electrons. The fourth-order valence-electron chi connectivity index (χ4n) is 4.01. The molecule has 7 heteroatoms. The van der Waals surface area contributed by atoms with E-state index in [1.807, 2.05) is 4.90 Å². The first-order valence-corrected chi connectivity index (χ1v) is 9.26. The van der Waals surface area contributed by atoms with Gasteiger partial charge in [0.05, 0.1) is 17.8 Å². The van der Waals surface area contributed by atoms with Gasteiger partial charge in [-0.2, -0.15) is 5.10 Å². The molecule has 0 bridgehead atoms. The highest BCUT2D eigenvalue weighted by Crippen LogP contribution is 2.42. The molecule has 1 saturated heterocycles. The predicted molar refractivity (Wildman–Crippen MR) is 93.7 cm³/mol. The number of anilines is 1. The van der Waals surface area contributed by atoms with Crippen molar-refractivity contribution in [3.63, 3.8) is 0 Å². The molecule has 2 N–H and O–H groups in total. The predicted octanol–water partition coefficient (Wildman–Crippen LogP) is 1.68. The molecule has 2 aliphatic heterocycles. The molecule has 2 fully saturated rings. The topological polar surface area (TPSA) is 81.3 Å². The van der Waals surface area contributed by atoms with Crippen molar-refractivity contribution in [3.8, 4) is 0 Å². The second-order valence-electron chi connectivity index (χ2n) is 8.25. The van der Waals surface area contributed by atoms with E-state index in [-0.39, 0.29) is 23.7 Å². The molecule has 4 rings (SSSR count). The summed E-state index contributed by atoms with van der Waals surface area (Å²) in [6, 6.07) is 0. The van der Waals surface area contributed by atoms with Gasteiger partial charge in [-0.25, -0.2) is 0 Å². The van der Waals surface area contributed by atoms with Gasteiger partial charge in [-0.1, -0.05) is 0 Å². The Morgan fingerprint density at radius 2 is 1.84 bits per heavy atom. The summed E-state index contributed by atoms with van der Waals surface area (Å²) in [5.41, 5.74) is 1.48. The van der Waals surface area contributed by atoms with E-state index in [4.69, 9.17) is 0 Å². The quantitative estimate of drug-likeness (QED) is 0.873. The minimum Gasteiger partial charge on any atom is -0.327 e. The SMILES string of the molecule is CN1CCC(C(=O)N2Cc3c(NC(=O)C4CC4)n[nH]c3C2(C)C)CC1. The standard InChI is InChI=1S/C18H27N5O2/c1-18(2)14-13(15(21-20-14)19-16(24)11-4-5-11)10-23(18)17(25)12-6-8-22(3)9-7-12/h11-12H,4-10H2,1-3H3,(H2,19,20,21,24). The van der Waals surface area contributed by atoms with E-state index in [0.717, 1.165) is 50.0 Å². The number of nitrogens with one attached hydrogen (secondary N) is 2. The Labute approximate surface area is 148 Å². The maximum absolute atomic E-state index is 13.1. The Bertz CT molecular complexity index is 698. The molecule has 3 aliphatic rings. The molecule has 0 atom stereocenters. The molecular weight excluding hydrogens is 318 g/mol. The van der Waals surface area contributed by atoms with Gasteiger partial charge in [-0.05, 0) is 59.7 Å². The van der Waals surface area contributed by atoms with Gasteiger partial charge in [0.15, 0.2) is 5.82 Å². The number of fused-ring (bicyclic) bond motifs is 1. The van der Waals surface area contributed by atoms with E-state index in [0.29, 0.717) is 12.4 Å². The second kappa shape index (κ2) is 5.83. The molecule has 1 aromatic rings. The molecule has 25 heavy (non-hydrogen) atoms. The highest BCUT2D eigenvalue weighted by atomic mass is 16.2. The van der Waals surface area contributed by atoms with Crippen LogP contribution < -0.4 is 5.32 Å². The van der Waals surface area contributed by atoms with E-state index in [1.165, 1.54) is 0 Å². The summed E-state index contributed by atoms with van der Waals surface area (Å²) < 4.78 is 0. The molecule has 3 heterocycles. The minimum absolute atomic E-state index is 0.0483. The number of aromatic nitrogens is 2. The van der Waals surface area contributed by atoms with Crippen LogP contribution in [0.4, 0.5) is 5.82 Å². The molecule has 1 aliphatic carbocycles. The van der Waals surface area contributed by atoms with E-state index < -0.39 is 5.54 Å². The number of hydrogen-bond donors (Lipinski definition) is 2. The Morgan fingerprint density at radius 1 is 1.16 bits per heavy atom. The van der Waals surface area contributed by atoms with Crippen molar-refractivity contribution in [1.82, 2.24) is 20.0 Å². The van der Waals surface area contributed by atoms with Gasteiger partial charge >= 0.3 is 0 Å². The van der Waals surface area contributed by atoms with Gasteiger partial charge in [0.1, 0.15) is 0 Å². The van der Waals surface area contributed by atoms with E-state index >= 15 is 0 Å². The average molecular weight is 345 g/mol. The molecule has 0 spiro atoms. The minimum atomic E-state index is -0.425. The number of carbonyl (C=O) groups excluding carboxylic acids is 2. The highest BCUT2D eigenvalue weighted by molar-refractivity contribution is 5.94. The number of likely N-dealkylation sites (tertiary alicyclic amines) is 1. The van der Waals surface area contributed by atoms with Gasteiger partial charge in [0, 0.05) is 17.4 Å². The fourth-order valence-corrected chi connectivity index (χ4v) is 4.01. The lowest BCUT2D eigenvalue weighted by molar-refractivity contribution is -0.142. The first kappa shape index (κ1) is 16.6. The number of aromatic amines is 1. The Hall–Kier alpha value is -1.89. The third-order valence-electron chi connectivity index (χ3n) is 5.99. The van der Waals surface area contributed by atoms with Gasteiger partial charge in [0.25, 0.3) is 0 Å². The number of hydrogen-bond acceptors (Lipinski definition) is 4. The molecule has 0 unspecified atom stereocenters. The lowest BCUT2D eigenvalue weighted by Gasteiger charge is -2.37. The number of rotatable bonds is 3. The highest BCUT2D eigenvalue weighted by Gasteiger charge is 2.45.